The number of carbonyl (C=O) groups excluding carboxylic acids is 1. The molecule has 0 radical (unpaired) electrons. The normalized spacial score (nSPS) is 10.7. The van der Waals surface area contributed by atoms with Crippen LogP contribution in [-0.2, 0) is 0 Å². The molecule has 0 saturated carbocycles. The lowest BCUT2D eigenvalue weighted by Crippen LogP contribution is -2.03. The number of ketones is 1. The van der Waals surface area contributed by atoms with Crippen LogP contribution in [0.3, 0.4) is 0 Å². The minimum atomic E-state index is -0.641. The Kier molecular flexibility index (Phi) is 3.06. The summed E-state index contributed by atoms with van der Waals surface area (Å²) in [4.78, 5) is 23.1. The van der Waals surface area contributed by atoms with E-state index in [0.29, 0.717) is 6.42 Å². The van der Waals surface area contributed by atoms with Crippen molar-refractivity contribution in [3.63, 3.8) is 0 Å². The van der Waals surface area contributed by atoms with Gasteiger partial charge in [0, 0.05) is 18.6 Å². The number of rotatable bonds is 3. The first-order valence-electron chi connectivity index (χ1n) is 5.56. The summed E-state index contributed by atoms with van der Waals surface area (Å²) in [5, 5.41) is 19.6. The minimum Gasteiger partial charge on any atom is -0.507 e. The third-order valence-corrected chi connectivity index (χ3v) is 2.62. The topological polar surface area (TPSA) is 87.7 Å². The van der Waals surface area contributed by atoms with Gasteiger partial charge in [0.25, 0.3) is 0 Å². The average Bonchev–Trinajstić information content (AvgIpc) is 2.28. The van der Waals surface area contributed by atoms with E-state index in [0.717, 1.165) is 12.1 Å². The van der Waals surface area contributed by atoms with Crippen molar-refractivity contribution in [2.75, 3.05) is 0 Å². The van der Waals surface area contributed by atoms with Crippen molar-refractivity contribution in [2.24, 2.45) is 0 Å². The summed E-state index contributed by atoms with van der Waals surface area (Å²) in [7, 11) is 0. The Morgan fingerprint density at radius 2 is 2.00 bits per heavy atom. The average molecular weight is 248 g/mol. The highest BCUT2D eigenvalue weighted by atomic mass is 16.4. The maximum absolute atomic E-state index is 11.9. The van der Waals surface area contributed by atoms with Crippen molar-refractivity contribution in [3.8, 4) is 11.5 Å². The van der Waals surface area contributed by atoms with Gasteiger partial charge in [-0.05, 0) is 12.5 Å². The number of carbonyl (C=O) groups is 1. The predicted molar refractivity (Wildman–Crippen MR) is 65.1 cm³/mol. The molecule has 0 bridgehead atoms. The third kappa shape index (κ3) is 1.95. The van der Waals surface area contributed by atoms with E-state index in [1.807, 2.05) is 6.92 Å². The molecular formula is C13H12O5. The van der Waals surface area contributed by atoms with Crippen LogP contribution in [-0.4, -0.2) is 16.0 Å². The number of Topliss-reactive ketones (excluding diaryl/α,β-unsaturated/α-hetero) is 1. The van der Waals surface area contributed by atoms with Crippen molar-refractivity contribution < 1.29 is 19.4 Å². The van der Waals surface area contributed by atoms with Crippen molar-refractivity contribution in [2.45, 2.75) is 19.8 Å². The molecule has 0 amide bonds. The lowest BCUT2D eigenvalue weighted by atomic mass is 10.0. The van der Waals surface area contributed by atoms with Gasteiger partial charge >= 0.3 is 5.63 Å². The molecule has 0 atom stereocenters. The van der Waals surface area contributed by atoms with Gasteiger partial charge in [-0.25, -0.2) is 4.79 Å². The second kappa shape index (κ2) is 4.52. The smallest absolute Gasteiger partial charge is 0.336 e. The van der Waals surface area contributed by atoms with Crippen LogP contribution in [0.1, 0.15) is 30.1 Å². The first-order chi connectivity index (χ1) is 8.54. The Labute approximate surface area is 102 Å². The lowest BCUT2D eigenvalue weighted by molar-refractivity contribution is 0.0979. The Bertz CT molecular complexity index is 669. The maximum atomic E-state index is 11.9. The fourth-order valence-electron chi connectivity index (χ4n) is 1.82. The van der Waals surface area contributed by atoms with Crippen LogP contribution in [0.15, 0.2) is 27.4 Å². The summed E-state index contributed by atoms with van der Waals surface area (Å²) in [5.74, 6) is -0.943. The molecule has 94 valence electrons. The molecule has 0 spiro atoms. The van der Waals surface area contributed by atoms with Gasteiger partial charge in [-0.3, -0.25) is 4.79 Å². The maximum Gasteiger partial charge on any atom is 0.336 e. The number of fused-ring (bicyclic) bond motifs is 1. The monoisotopic (exact) mass is 248 g/mol. The Morgan fingerprint density at radius 3 is 2.67 bits per heavy atom. The van der Waals surface area contributed by atoms with Crippen LogP contribution in [0.25, 0.3) is 11.0 Å². The van der Waals surface area contributed by atoms with Gasteiger partial charge < -0.3 is 14.6 Å². The first-order valence-corrected chi connectivity index (χ1v) is 5.56. The van der Waals surface area contributed by atoms with E-state index >= 15 is 0 Å². The highest BCUT2D eigenvalue weighted by molar-refractivity contribution is 6.09. The Morgan fingerprint density at radius 1 is 1.28 bits per heavy atom. The van der Waals surface area contributed by atoms with Crippen molar-refractivity contribution >= 4 is 16.8 Å². The van der Waals surface area contributed by atoms with Crippen LogP contribution < -0.4 is 5.63 Å². The van der Waals surface area contributed by atoms with E-state index in [1.165, 1.54) is 6.07 Å². The molecule has 0 saturated heterocycles. The Balaban J connectivity index is 2.82. The second-order valence-corrected chi connectivity index (χ2v) is 3.96. The highest BCUT2D eigenvalue weighted by Crippen LogP contribution is 2.34. The lowest BCUT2D eigenvalue weighted by Gasteiger charge is -2.07. The summed E-state index contributed by atoms with van der Waals surface area (Å²) in [6.45, 7) is 1.83. The zero-order chi connectivity index (χ0) is 13.3. The molecular weight excluding hydrogens is 236 g/mol. The number of aromatic hydroxyl groups is 2. The molecule has 2 aromatic rings. The third-order valence-electron chi connectivity index (χ3n) is 2.62. The fourth-order valence-corrected chi connectivity index (χ4v) is 1.82. The summed E-state index contributed by atoms with van der Waals surface area (Å²) >= 11 is 0. The van der Waals surface area contributed by atoms with Gasteiger partial charge in [-0.2, -0.15) is 0 Å². The van der Waals surface area contributed by atoms with Crippen molar-refractivity contribution in [3.05, 3.63) is 34.2 Å². The fraction of sp³-hybridized carbons (Fsp3) is 0.231. The molecule has 18 heavy (non-hydrogen) atoms. The number of hydrogen-bond donors (Lipinski definition) is 2. The van der Waals surface area contributed by atoms with E-state index in [9.17, 15) is 19.8 Å². The van der Waals surface area contributed by atoms with Crippen LogP contribution in [0.2, 0.25) is 0 Å². The molecule has 0 aliphatic carbocycles. The number of phenols is 2. The zero-order valence-electron chi connectivity index (χ0n) is 9.77. The van der Waals surface area contributed by atoms with Gasteiger partial charge in [0.1, 0.15) is 17.1 Å². The molecule has 1 heterocycles. The Hall–Kier alpha value is -2.30. The minimum absolute atomic E-state index is 0.0534. The molecule has 2 N–H and O–H groups in total. The van der Waals surface area contributed by atoms with E-state index in [1.54, 1.807) is 0 Å². The number of phenolic OH excluding ortho intramolecular Hbond substituents is 2. The number of benzene rings is 1. The molecule has 0 fully saturated rings. The van der Waals surface area contributed by atoms with Gasteiger partial charge in [0.05, 0.1) is 5.39 Å². The SMILES string of the molecule is CCCC(=O)c1c(O)cc(O)c2ccc(=O)oc12. The van der Waals surface area contributed by atoms with Crippen molar-refractivity contribution in [1.82, 2.24) is 0 Å². The van der Waals surface area contributed by atoms with Crippen LogP contribution in [0.4, 0.5) is 0 Å². The van der Waals surface area contributed by atoms with Gasteiger partial charge in [-0.1, -0.05) is 6.92 Å². The molecule has 2 rings (SSSR count). The summed E-state index contributed by atoms with van der Waals surface area (Å²) in [6.07, 6.45) is 0.837. The largest absolute Gasteiger partial charge is 0.507 e. The summed E-state index contributed by atoms with van der Waals surface area (Å²) < 4.78 is 4.93. The molecule has 0 aliphatic heterocycles. The van der Waals surface area contributed by atoms with E-state index < -0.39 is 5.63 Å². The van der Waals surface area contributed by atoms with Gasteiger partial charge in [0.15, 0.2) is 11.4 Å². The zero-order valence-corrected chi connectivity index (χ0v) is 9.77. The molecule has 0 aliphatic rings. The summed E-state index contributed by atoms with van der Waals surface area (Å²) in [5.41, 5.74) is -0.765. The number of hydrogen-bond acceptors (Lipinski definition) is 5. The molecule has 5 nitrogen and oxygen atoms in total. The summed E-state index contributed by atoms with van der Waals surface area (Å²) in [6, 6.07) is 3.58. The van der Waals surface area contributed by atoms with Gasteiger partial charge in [-0.15, -0.1) is 0 Å². The standard InChI is InChI=1S/C13H12O5/c1-2-3-8(14)12-10(16)6-9(15)7-4-5-11(17)18-13(7)12/h4-6,15-16H,2-3H2,1H3. The van der Waals surface area contributed by atoms with Crippen LogP contribution in [0.5, 0.6) is 11.5 Å². The quantitative estimate of drug-likeness (QED) is 0.642. The van der Waals surface area contributed by atoms with E-state index in [2.05, 4.69) is 0 Å². The predicted octanol–water partition coefficient (Wildman–Crippen LogP) is 2.19. The second-order valence-electron chi connectivity index (χ2n) is 3.96. The molecule has 0 unspecified atom stereocenters. The van der Waals surface area contributed by atoms with Crippen LogP contribution >= 0.6 is 0 Å². The van der Waals surface area contributed by atoms with E-state index in [4.69, 9.17) is 4.42 Å². The van der Waals surface area contributed by atoms with E-state index in [-0.39, 0.29) is 40.2 Å². The first kappa shape index (κ1) is 12.2. The van der Waals surface area contributed by atoms with Crippen LogP contribution in [0, 0.1) is 0 Å². The highest BCUT2D eigenvalue weighted by Gasteiger charge is 2.19. The molecule has 5 heteroatoms. The molecule has 1 aromatic carbocycles. The van der Waals surface area contributed by atoms with Gasteiger partial charge in [0.2, 0.25) is 0 Å². The molecule has 1 aromatic heterocycles. The van der Waals surface area contributed by atoms with Crippen molar-refractivity contribution in [1.29, 1.82) is 0 Å².